The maximum atomic E-state index is 8.70. The molecule has 1 aromatic rings. The zero-order chi connectivity index (χ0) is 18.1. The van der Waals surface area contributed by atoms with Crippen molar-refractivity contribution in [2.45, 2.75) is 32.7 Å². The SMILES string of the molecule is CCCCOc1c(Br)cc(CN2CCN(CCC#N)CC2)cc1OC. The first-order valence-corrected chi connectivity index (χ1v) is 9.78. The van der Waals surface area contributed by atoms with Gasteiger partial charge < -0.3 is 9.47 Å². The molecule has 25 heavy (non-hydrogen) atoms. The summed E-state index contributed by atoms with van der Waals surface area (Å²) < 4.78 is 12.4. The summed E-state index contributed by atoms with van der Waals surface area (Å²) in [4.78, 5) is 4.81. The summed E-state index contributed by atoms with van der Waals surface area (Å²) in [7, 11) is 1.69. The standard InChI is InChI=1S/C19H28BrN3O2/c1-3-4-12-25-19-17(20)13-16(14-18(19)24-2)15-23-10-8-22(9-11-23)7-5-6-21/h13-14H,3-5,7-12,15H2,1-2H3. The molecule has 138 valence electrons. The van der Waals surface area contributed by atoms with E-state index in [0.717, 1.165) is 68.1 Å². The molecule has 0 amide bonds. The fourth-order valence-electron chi connectivity index (χ4n) is 2.96. The van der Waals surface area contributed by atoms with E-state index in [1.54, 1.807) is 7.11 Å². The van der Waals surface area contributed by atoms with Crippen molar-refractivity contribution in [3.63, 3.8) is 0 Å². The molecule has 0 bridgehead atoms. The normalized spacial score (nSPS) is 15.8. The summed E-state index contributed by atoms with van der Waals surface area (Å²) in [5.41, 5.74) is 1.22. The molecular formula is C19H28BrN3O2. The lowest BCUT2D eigenvalue weighted by Crippen LogP contribution is -2.46. The van der Waals surface area contributed by atoms with Gasteiger partial charge in [0.1, 0.15) is 0 Å². The van der Waals surface area contributed by atoms with E-state index in [-0.39, 0.29) is 0 Å². The highest BCUT2D eigenvalue weighted by atomic mass is 79.9. The lowest BCUT2D eigenvalue weighted by molar-refractivity contribution is 0.129. The largest absolute Gasteiger partial charge is 0.493 e. The van der Waals surface area contributed by atoms with E-state index in [0.29, 0.717) is 13.0 Å². The van der Waals surface area contributed by atoms with Crippen LogP contribution in [0, 0.1) is 11.3 Å². The van der Waals surface area contributed by atoms with Gasteiger partial charge in [0, 0.05) is 45.7 Å². The Morgan fingerprint density at radius 2 is 1.92 bits per heavy atom. The lowest BCUT2D eigenvalue weighted by Gasteiger charge is -2.34. The molecule has 1 saturated heterocycles. The van der Waals surface area contributed by atoms with Crippen LogP contribution in [-0.4, -0.2) is 56.2 Å². The summed E-state index contributed by atoms with van der Waals surface area (Å²) in [6, 6.07) is 6.43. The van der Waals surface area contributed by atoms with Crippen molar-refractivity contribution in [3.8, 4) is 17.6 Å². The molecular weight excluding hydrogens is 382 g/mol. The highest BCUT2D eigenvalue weighted by molar-refractivity contribution is 9.10. The van der Waals surface area contributed by atoms with Crippen molar-refractivity contribution in [3.05, 3.63) is 22.2 Å². The van der Waals surface area contributed by atoms with Gasteiger partial charge >= 0.3 is 0 Å². The van der Waals surface area contributed by atoms with E-state index in [9.17, 15) is 0 Å². The van der Waals surface area contributed by atoms with E-state index in [1.807, 2.05) is 0 Å². The molecule has 2 rings (SSSR count). The van der Waals surface area contributed by atoms with Crippen LogP contribution in [0.25, 0.3) is 0 Å². The van der Waals surface area contributed by atoms with Gasteiger partial charge in [0.05, 0.1) is 24.3 Å². The van der Waals surface area contributed by atoms with Gasteiger partial charge in [0.25, 0.3) is 0 Å². The van der Waals surface area contributed by atoms with Crippen LogP contribution in [0.15, 0.2) is 16.6 Å². The Morgan fingerprint density at radius 1 is 1.20 bits per heavy atom. The first-order valence-electron chi connectivity index (χ1n) is 8.98. The van der Waals surface area contributed by atoms with Gasteiger partial charge in [-0.3, -0.25) is 9.80 Å². The van der Waals surface area contributed by atoms with Crippen LogP contribution >= 0.6 is 15.9 Å². The Labute approximate surface area is 159 Å². The number of unbranched alkanes of at least 4 members (excludes halogenated alkanes) is 1. The fourth-order valence-corrected chi connectivity index (χ4v) is 3.56. The molecule has 0 aliphatic carbocycles. The molecule has 0 unspecified atom stereocenters. The predicted octanol–water partition coefficient (Wildman–Crippen LogP) is 3.67. The Bertz CT molecular complexity index is 581. The van der Waals surface area contributed by atoms with Gasteiger partial charge in [0.2, 0.25) is 0 Å². The van der Waals surface area contributed by atoms with Gasteiger partial charge in [0.15, 0.2) is 11.5 Å². The third-order valence-electron chi connectivity index (χ3n) is 4.44. The third kappa shape index (κ3) is 6.18. The van der Waals surface area contributed by atoms with E-state index >= 15 is 0 Å². The Morgan fingerprint density at radius 3 is 2.56 bits per heavy atom. The average molecular weight is 410 g/mol. The summed E-state index contributed by atoms with van der Waals surface area (Å²) >= 11 is 3.63. The minimum Gasteiger partial charge on any atom is -0.493 e. The predicted molar refractivity (Wildman–Crippen MR) is 103 cm³/mol. The van der Waals surface area contributed by atoms with Gasteiger partial charge in [-0.25, -0.2) is 0 Å². The molecule has 1 fully saturated rings. The van der Waals surface area contributed by atoms with Crippen molar-refractivity contribution in [1.82, 2.24) is 9.80 Å². The van der Waals surface area contributed by atoms with Crippen molar-refractivity contribution in [2.24, 2.45) is 0 Å². The number of halogens is 1. The molecule has 0 aromatic heterocycles. The molecule has 1 aromatic carbocycles. The second kappa shape index (κ2) is 10.6. The maximum absolute atomic E-state index is 8.70. The summed E-state index contributed by atoms with van der Waals surface area (Å²) in [6.45, 7) is 8.74. The highest BCUT2D eigenvalue weighted by Crippen LogP contribution is 2.37. The number of rotatable bonds is 9. The molecule has 1 aliphatic rings. The Balaban J connectivity index is 1.94. The second-order valence-corrected chi connectivity index (χ2v) is 7.19. The minimum absolute atomic E-state index is 0.615. The van der Waals surface area contributed by atoms with Gasteiger partial charge in [-0.05, 0) is 40.0 Å². The average Bonchev–Trinajstić information content (AvgIpc) is 2.62. The molecule has 1 aliphatic heterocycles. The molecule has 0 radical (unpaired) electrons. The number of benzene rings is 1. The Hall–Kier alpha value is -1.29. The van der Waals surface area contributed by atoms with E-state index in [1.165, 1.54) is 5.56 Å². The zero-order valence-corrected chi connectivity index (χ0v) is 16.8. The van der Waals surface area contributed by atoms with E-state index in [4.69, 9.17) is 14.7 Å². The quantitative estimate of drug-likeness (QED) is 0.582. The van der Waals surface area contributed by atoms with E-state index < -0.39 is 0 Å². The maximum Gasteiger partial charge on any atom is 0.175 e. The van der Waals surface area contributed by atoms with E-state index in [2.05, 4.69) is 50.9 Å². The summed E-state index contributed by atoms with van der Waals surface area (Å²) in [6.07, 6.45) is 2.76. The van der Waals surface area contributed by atoms with Crippen molar-refractivity contribution < 1.29 is 9.47 Å². The smallest absolute Gasteiger partial charge is 0.175 e. The number of nitriles is 1. The highest BCUT2D eigenvalue weighted by Gasteiger charge is 2.18. The number of hydrogen-bond donors (Lipinski definition) is 0. The van der Waals surface area contributed by atoms with Crippen LogP contribution in [-0.2, 0) is 6.54 Å². The number of ether oxygens (including phenoxy) is 2. The molecule has 6 heteroatoms. The summed E-state index contributed by atoms with van der Waals surface area (Å²) in [5.74, 6) is 1.58. The van der Waals surface area contributed by atoms with Crippen molar-refractivity contribution in [2.75, 3.05) is 46.4 Å². The molecule has 0 N–H and O–H groups in total. The molecule has 5 nitrogen and oxygen atoms in total. The van der Waals surface area contributed by atoms with Crippen LogP contribution in [0.2, 0.25) is 0 Å². The van der Waals surface area contributed by atoms with Crippen LogP contribution in [0.4, 0.5) is 0 Å². The van der Waals surface area contributed by atoms with Gasteiger partial charge in [-0.1, -0.05) is 13.3 Å². The van der Waals surface area contributed by atoms with Crippen LogP contribution in [0.3, 0.4) is 0 Å². The number of piperazine rings is 1. The summed E-state index contributed by atoms with van der Waals surface area (Å²) in [5, 5.41) is 8.70. The third-order valence-corrected chi connectivity index (χ3v) is 5.03. The van der Waals surface area contributed by atoms with Crippen LogP contribution in [0.1, 0.15) is 31.7 Å². The van der Waals surface area contributed by atoms with Crippen LogP contribution in [0.5, 0.6) is 11.5 Å². The number of nitrogens with zero attached hydrogens (tertiary/aromatic N) is 3. The first kappa shape index (κ1) is 20.0. The first-order chi connectivity index (χ1) is 12.2. The molecule has 1 heterocycles. The zero-order valence-electron chi connectivity index (χ0n) is 15.3. The fraction of sp³-hybridized carbons (Fsp3) is 0.632. The lowest BCUT2D eigenvalue weighted by atomic mass is 10.1. The topological polar surface area (TPSA) is 48.7 Å². The molecule has 0 saturated carbocycles. The number of methoxy groups -OCH3 is 1. The second-order valence-electron chi connectivity index (χ2n) is 6.34. The van der Waals surface area contributed by atoms with Crippen LogP contribution < -0.4 is 9.47 Å². The Kier molecular flexibility index (Phi) is 8.53. The molecule has 0 spiro atoms. The number of hydrogen-bond acceptors (Lipinski definition) is 5. The monoisotopic (exact) mass is 409 g/mol. The van der Waals surface area contributed by atoms with Gasteiger partial charge in [-0.2, -0.15) is 5.26 Å². The van der Waals surface area contributed by atoms with Gasteiger partial charge in [-0.15, -0.1) is 0 Å². The minimum atomic E-state index is 0.615. The van der Waals surface area contributed by atoms with Crippen molar-refractivity contribution in [1.29, 1.82) is 5.26 Å². The van der Waals surface area contributed by atoms with Crippen molar-refractivity contribution >= 4 is 15.9 Å². The molecule has 0 atom stereocenters.